The predicted octanol–water partition coefficient (Wildman–Crippen LogP) is 4.52. The molecule has 1 saturated carbocycles. The van der Waals surface area contributed by atoms with Gasteiger partial charge in [0.2, 0.25) is 17.8 Å². The minimum absolute atomic E-state index is 0.0697. The Morgan fingerprint density at radius 2 is 1.71 bits per heavy atom. The SMILES string of the molecule is CNc1ccc(N2CCc3c(ncnc3Nc3ccc(C(=O)N[C@H]4CC[C@H](CN5CCN(c6cccc7c6C(=O)N(C6CCC(=O)NC6=O)C7=O)CC5)CC4)c(F)n3)C2)cc1Cl. The Kier molecular flexibility index (Phi) is 11.5. The second kappa shape index (κ2) is 17.3. The molecule has 2 saturated heterocycles. The van der Waals surface area contributed by atoms with E-state index in [0.717, 1.165) is 72.8 Å². The van der Waals surface area contributed by atoms with Gasteiger partial charge >= 0.3 is 0 Å². The molecule has 1 atom stereocenters. The van der Waals surface area contributed by atoms with Crippen molar-refractivity contribution < 1.29 is 28.4 Å². The summed E-state index contributed by atoms with van der Waals surface area (Å²) in [7, 11) is 1.83. The molecule has 4 N–H and O–H groups in total. The molecule has 6 heterocycles. The average Bonchev–Trinajstić information content (AvgIpc) is 3.53. The second-order valence-corrected chi connectivity index (χ2v) is 16.9. The fourth-order valence-corrected chi connectivity index (χ4v) is 9.70. The molecular weight excluding hydrogens is 817 g/mol. The maximum atomic E-state index is 15.4. The lowest BCUT2D eigenvalue weighted by molar-refractivity contribution is -0.136. The molecule has 5 amide bonds. The van der Waals surface area contributed by atoms with Crippen LogP contribution in [0.5, 0.6) is 0 Å². The zero-order valence-electron chi connectivity index (χ0n) is 34.3. The maximum absolute atomic E-state index is 15.4. The van der Waals surface area contributed by atoms with Crippen molar-refractivity contribution in [1.29, 1.82) is 0 Å². The quantitative estimate of drug-likeness (QED) is 0.129. The van der Waals surface area contributed by atoms with Gasteiger partial charge in [-0.05, 0) is 86.9 Å². The van der Waals surface area contributed by atoms with Crippen LogP contribution in [0.2, 0.25) is 5.02 Å². The van der Waals surface area contributed by atoms with Gasteiger partial charge in [0.05, 0.1) is 45.3 Å². The number of carbonyl (C=O) groups is 5. The molecule has 3 fully saturated rings. The highest BCUT2D eigenvalue weighted by molar-refractivity contribution is 6.33. The van der Waals surface area contributed by atoms with Gasteiger partial charge < -0.3 is 25.8 Å². The molecule has 1 unspecified atom stereocenters. The van der Waals surface area contributed by atoms with Gasteiger partial charge in [-0.15, -0.1) is 0 Å². The number of piperazine rings is 1. The highest BCUT2D eigenvalue weighted by atomic mass is 35.5. The van der Waals surface area contributed by atoms with E-state index in [1.165, 1.54) is 12.4 Å². The van der Waals surface area contributed by atoms with Crippen molar-refractivity contribution in [3.8, 4) is 0 Å². The van der Waals surface area contributed by atoms with Crippen molar-refractivity contribution in [2.45, 2.75) is 63.6 Å². The summed E-state index contributed by atoms with van der Waals surface area (Å²) in [4.78, 5) is 85.2. The zero-order chi connectivity index (χ0) is 43.1. The molecule has 1 aliphatic carbocycles. The van der Waals surface area contributed by atoms with Gasteiger partial charge in [0.15, 0.2) is 0 Å². The lowest BCUT2D eigenvalue weighted by atomic mass is 9.85. The molecule has 0 radical (unpaired) electrons. The summed E-state index contributed by atoms with van der Waals surface area (Å²) in [6, 6.07) is 13.1. The minimum Gasteiger partial charge on any atom is -0.387 e. The Balaban J connectivity index is 0.741. The van der Waals surface area contributed by atoms with Crippen LogP contribution in [0, 0.1) is 11.9 Å². The van der Waals surface area contributed by atoms with Crippen LogP contribution in [0.25, 0.3) is 0 Å². The highest BCUT2D eigenvalue weighted by Crippen LogP contribution is 2.36. The van der Waals surface area contributed by atoms with E-state index in [4.69, 9.17) is 11.6 Å². The molecule has 4 aliphatic heterocycles. The van der Waals surface area contributed by atoms with Crippen LogP contribution in [0.3, 0.4) is 0 Å². The number of hydrogen-bond donors (Lipinski definition) is 4. The lowest BCUT2D eigenvalue weighted by Crippen LogP contribution is -2.54. The Bertz CT molecular complexity index is 2460. The lowest BCUT2D eigenvalue weighted by Gasteiger charge is -2.39. The molecule has 16 nitrogen and oxygen atoms in total. The van der Waals surface area contributed by atoms with Crippen LogP contribution in [0.4, 0.5) is 33.1 Å². The Hall–Kier alpha value is -6.20. The molecule has 4 aromatic rings. The average molecular weight is 864 g/mol. The number of benzene rings is 2. The predicted molar refractivity (Wildman–Crippen MR) is 230 cm³/mol. The number of carbonyl (C=O) groups excluding carboxylic acids is 5. The normalized spacial score (nSPS) is 21.7. The Labute approximate surface area is 362 Å². The largest absolute Gasteiger partial charge is 0.387 e. The highest BCUT2D eigenvalue weighted by Gasteiger charge is 2.46. The Morgan fingerprint density at radius 1 is 0.903 bits per heavy atom. The Morgan fingerprint density at radius 3 is 2.45 bits per heavy atom. The van der Waals surface area contributed by atoms with Gasteiger partial charge in [0.25, 0.3) is 17.7 Å². The van der Waals surface area contributed by atoms with Crippen LogP contribution in [0.15, 0.2) is 54.9 Å². The van der Waals surface area contributed by atoms with E-state index < -0.39 is 41.5 Å². The summed E-state index contributed by atoms with van der Waals surface area (Å²) in [5.74, 6) is -2.16. The first-order valence-electron chi connectivity index (χ1n) is 21.2. The molecule has 5 aliphatic rings. The van der Waals surface area contributed by atoms with Gasteiger partial charge in [-0.25, -0.2) is 15.0 Å². The van der Waals surface area contributed by atoms with Crippen molar-refractivity contribution in [2.75, 3.05) is 66.7 Å². The smallest absolute Gasteiger partial charge is 0.264 e. The molecule has 0 spiro atoms. The van der Waals surface area contributed by atoms with Crippen LogP contribution < -0.4 is 31.1 Å². The third-order valence-electron chi connectivity index (χ3n) is 12.8. The van der Waals surface area contributed by atoms with Crippen molar-refractivity contribution in [3.05, 3.63) is 93.8 Å². The van der Waals surface area contributed by atoms with Crippen molar-refractivity contribution in [3.63, 3.8) is 0 Å². The van der Waals surface area contributed by atoms with Gasteiger partial charge in [-0.2, -0.15) is 4.39 Å². The number of fused-ring (bicyclic) bond motifs is 2. The van der Waals surface area contributed by atoms with E-state index in [1.807, 2.05) is 31.3 Å². The summed E-state index contributed by atoms with van der Waals surface area (Å²) in [6.45, 7) is 5.06. The first-order chi connectivity index (χ1) is 30.0. The molecule has 322 valence electrons. The maximum Gasteiger partial charge on any atom is 0.264 e. The number of rotatable bonds is 10. The molecule has 2 aromatic heterocycles. The number of hydrogen-bond acceptors (Lipinski definition) is 13. The van der Waals surface area contributed by atoms with E-state index in [1.54, 1.807) is 18.2 Å². The van der Waals surface area contributed by atoms with Crippen molar-refractivity contribution in [2.24, 2.45) is 5.92 Å². The summed E-state index contributed by atoms with van der Waals surface area (Å²) in [6.07, 6.45) is 5.72. The number of nitrogens with zero attached hydrogens (tertiary/aromatic N) is 7. The summed E-state index contributed by atoms with van der Waals surface area (Å²) in [5, 5.41) is 12.1. The molecule has 0 bridgehead atoms. The number of halogens is 2. The van der Waals surface area contributed by atoms with Crippen LogP contribution >= 0.6 is 11.6 Å². The van der Waals surface area contributed by atoms with Gasteiger partial charge in [-0.1, -0.05) is 17.7 Å². The fourth-order valence-electron chi connectivity index (χ4n) is 9.43. The van der Waals surface area contributed by atoms with Gasteiger partial charge in [-0.3, -0.25) is 39.1 Å². The summed E-state index contributed by atoms with van der Waals surface area (Å²) < 4.78 is 15.4. The molecule has 9 rings (SSSR count). The number of amides is 5. The first kappa shape index (κ1) is 41.2. The number of piperidine rings is 1. The summed E-state index contributed by atoms with van der Waals surface area (Å²) in [5.41, 5.74) is 4.78. The van der Waals surface area contributed by atoms with E-state index >= 15 is 4.39 Å². The number of anilines is 5. The van der Waals surface area contributed by atoms with Gasteiger partial charge in [0.1, 0.15) is 24.0 Å². The number of imide groups is 2. The summed E-state index contributed by atoms with van der Waals surface area (Å²) >= 11 is 6.43. The van der Waals surface area contributed by atoms with E-state index in [0.29, 0.717) is 60.6 Å². The standard InChI is InChI=1S/C44H47ClFN11O5/c1-47-32-11-9-27(21-31(32)45)56-16-15-28-33(23-56)48-24-49-40(28)52-36-13-10-30(39(46)51-36)41(59)50-26-7-5-25(6-8-26)22-54-17-19-55(20-18-54)34-4-2-3-29-38(34)44(62)57(43(29)61)35-12-14-37(58)53-42(35)60/h2-4,9-11,13,21,24-26,35,47H,5-8,12,14-20,22-23H2,1H3,(H,50,59)(H,53,58,60)(H,48,49,51,52)/t25-,26-,35?. The number of aromatic nitrogens is 3. The molecule has 18 heteroatoms. The van der Waals surface area contributed by atoms with Crippen LogP contribution in [0.1, 0.15) is 80.9 Å². The van der Waals surface area contributed by atoms with Crippen molar-refractivity contribution in [1.82, 2.24) is 35.4 Å². The molecular formula is C44H47ClFN11O5. The minimum atomic E-state index is -1.01. The fraction of sp³-hybridized carbons (Fsp3) is 0.409. The number of nitrogens with one attached hydrogen (secondary N) is 4. The third-order valence-corrected chi connectivity index (χ3v) is 13.1. The molecule has 62 heavy (non-hydrogen) atoms. The second-order valence-electron chi connectivity index (χ2n) is 16.5. The van der Waals surface area contributed by atoms with E-state index in [-0.39, 0.29) is 35.8 Å². The zero-order valence-corrected chi connectivity index (χ0v) is 35.0. The third kappa shape index (κ3) is 8.13. The van der Waals surface area contributed by atoms with Crippen LogP contribution in [-0.2, 0) is 22.6 Å². The van der Waals surface area contributed by atoms with E-state index in [9.17, 15) is 24.0 Å². The van der Waals surface area contributed by atoms with E-state index in [2.05, 4.69) is 50.9 Å². The monoisotopic (exact) mass is 863 g/mol. The van der Waals surface area contributed by atoms with Gasteiger partial charge in [0, 0.05) is 70.0 Å². The van der Waals surface area contributed by atoms with Crippen LogP contribution in [-0.4, -0.2) is 113 Å². The topological polar surface area (TPSA) is 185 Å². The first-order valence-corrected chi connectivity index (χ1v) is 21.5. The number of pyridine rings is 1. The van der Waals surface area contributed by atoms with Crippen molar-refractivity contribution >= 4 is 69.8 Å². The molecule has 2 aromatic carbocycles.